The number of hydrogen-bond donors (Lipinski definition) is 2. The molecule has 1 unspecified atom stereocenters. The van der Waals surface area contributed by atoms with E-state index in [9.17, 15) is 13.2 Å². The molecule has 0 aliphatic carbocycles. The SMILES string of the molecule is Cc1ccc(S(=O)(=O)N2CCCC(C(=O)NC(C)(C)CN)C2)s1.Cl. The lowest BCUT2D eigenvalue weighted by Gasteiger charge is -2.33. The number of rotatable bonds is 5. The first-order valence-corrected chi connectivity index (χ1v) is 10.00. The number of hydrogen-bond acceptors (Lipinski definition) is 5. The molecule has 6 nitrogen and oxygen atoms in total. The molecule has 1 atom stereocenters. The summed E-state index contributed by atoms with van der Waals surface area (Å²) in [7, 11) is -3.51. The smallest absolute Gasteiger partial charge is 0.252 e. The third kappa shape index (κ3) is 4.92. The topological polar surface area (TPSA) is 92.5 Å². The van der Waals surface area contributed by atoms with Crippen molar-refractivity contribution in [3.63, 3.8) is 0 Å². The minimum Gasteiger partial charge on any atom is -0.350 e. The number of aryl methyl sites for hydroxylation is 1. The van der Waals surface area contributed by atoms with Crippen LogP contribution in [0.3, 0.4) is 0 Å². The van der Waals surface area contributed by atoms with Crippen LogP contribution in [-0.4, -0.2) is 43.8 Å². The van der Waals surface area contributed by atoms with Gasteiger partial charge in [0.2, 0.25) is 5.91 Å². The fourth-order valence-electron chi connectivity index (χ4n) is 2.54. The van der Waals surface area contributed by atoms with Crippen molar-refractivity contribution in [1.82, 2.24) is 9.62 Å². The maximum Gasteiger partial charge on any atom is 0.252 e. The average Bonchev–Trinajstić information content (AvgIpc) is 2.94. The van der Waals surface area contributed by atoms with Crippen molar-refractivity contribution in [2.75, 3.05) is 19.6 Å². The number of nitrogens with zero attached hydrogens (tertiary/aromatic N) is 1. The van der Waals surface area contributed by atoms with Gasteiger partial charge in [-0.15, -0.1) is 23.7 Å². The molecular formula is C15H26ClN3O3S2. The highest BCUT2D eigenvalue weighted by Gasteiger charge is 2.35. The Balaban J connectivity index is 0.00000288. The number of sulfonamides is 1. The molecule has 1 saturated heterocycles. The van der Waals surface area contributed by atoms with Crippen LogP contribution < -0.4 is 11.1 Å². The number of carbonyl (C=O) groups is 1. The fraction of sp³-hybridized carbons (Fsp3) is 0.667. The summed E-state index contributed by atoms with van der Waals surface area (Å²) < 4.78 is 27.2. The van der Waals surface area contributed by atoms with Crippen LogP contribution in [0.25, 0.3) is 0 Å². The summed E-state index contributed by atoms with van der Waals surface area (Å²) in [6.07, 6.45) is 1.38. The summed E-state index contributed by atoms with van der Waals surface area (Å²) in [5.74, 6) is -0.451. The number of amides is 1. The van der Waals surface area contributed by atoms with Crippen LogP contribution in [0.5, 0.6) is 0 Å². The molecule has 0 bridgehead atoms. The van der Waals surface area contributed by atoms with Crippen molar-refractivity contribution in [1.29, 1.82) is 0 Å². The minimum atomic E-state index is -3.51. The van der Waals surface area contributed by atoms with E-state index in [4.69, 9.17) is 5.73 Å². The number of halogens is 1. The zero-order chi connectivity index (χ0) is 17.3. The van der Waals surface area contributed by atoms with Gasteiger partial charge in [-0.2, -0.15) is 4.31 Å². The van der Waals surface area contributed by atoms with Gasteiger partial charge >= 0.3 is 0 Å². The first-order valence-electron chi connectivity index (χ1n) is 7.74. The van der Waals surface area contributed by atoms with Crippen LogP contribution in [0.4, 0.5) is 0 Å². The van der Waals surface area contributed by atoms with E-state index < -0.39 is 15.6 Å². The standard InChI is InChI=1S/C15H25N3O3S2.ClH/c1-11-6-7-13(22-11)23(20,21)18-8-4-5-12(9-18)14(19)17-15(2,3)10-16;/h6-7,12H,4-5,8-10,16H2,1-3H3,(H,17,19);1H. The van der Waals surface area contributed by atoms with Gasteiger partial charge in [-0.3, -0.25) is 4.79 Å². The summed E-state index contributed by atoms with van der Waals surface area (Å²) in [5, 5.41) is 2.91. The van der Waals surface area contributed by atoms with Crippen LogP contribution in [0, 0.1) is 12.8 Å². The number of piperidine rings is 1. The molecule has 1 aliphatic rings. The van der Waals surface area contributed by atoms with Gasteiger partial charge in [0, 0.05) is 30.1 Å². The highest BCUT2D eigenvalue weighted by atomic mass is 35.5. The maximum atomic E-state index is 12.7. The third-order valence-electron chi connectivity index (χ3n) is 4.04. The van der Waals surface area contributed by atoms with Crippen molar-refractivity contribution in [2.45, 2.75) is 43.4 Å². The first kappa shape index (κ1) is 21.4. The predicted octanol–water partition coefficient (Wildman–Crippen LogP) is 1.73. The second kappa shape index (κ2) is 8.14. The lowest BCUT2D eigenvalue weighted by molar-refractivity contribution is -0.127. The molecule has 138 valence electrons. The summed E-state index contributed by atoms with van der Waals surface area (Å²) in [6, 6.07) is 3.44. The molecular weight excluding hydrogens is 370 g/mol. The van der Waals surface area contributed by atoms with Gasteiger partial charge in [-0.25, -0.2) is 8.42 Å². The Hall–Kier alpha value is -0.670. The highest BCUT2D eigenvalue weighted by molar-refractivity contribution is 7.91. The van der Waals surface area contributed by atoms with Crippen LogP contribution >= 0.6 is 23.7 Å². The molecule has 1 aromatic heterocycles. The van der Waals surface area contributed by atoms with Gasteiger partial charge in [-0.05, 0) is 45.7 Å². The van der Waals surface area contributed by atoms with E-state index in [-0.39, 0.29) is 30.8 Å². The monoisotopic (exact) mass is 395 g/mol. The van der Waals surface area contributed by atoms with Gasteiger partial charge in [0.05, 0.1) is 5.92 Å². The lowest BCUT2D eigenvalue weighted by atomic mass is 9.96. The van der Waals surface area contributed by atoms with E-state index in [0.29, 0.717) is 30.1 Å². The van der Waals surface area contributed by atoms with Crippen molar-refractivity contribution < 1.29 is 13.2 Å². The Bertz CT molecular complexity index is 673. The Morgan fingerprint density at radius 3 is 2.67 bits per heavy atom. The zero-order valence-electron chi connectivity index (χ0n) is 14.2. The molecule has 3 N–H and O–H groups in total. The van der Waals surface area contributed by atoms with E-state index >= 15 is 0 Å². The van der Waals surface area contributed by atoms with Crippen molar-refractivity contribution >= 4 is 39.7 Å². The minimum absolute atomic E-state index is 0. The van der Waals surface area contributed by atoms with E-state index in [1.165, 1.54) is 15.6 Å². The summed E-state index contributed by atoms with van der Waals surface area (Å²) >= 11 is 1.26. The van der Waals surface area contributed by atoms with Crippen LogP contribution in [0.15, 0.2) is 16.3 Å². The Morgan fingerprint density at radius 1 is 1.46 bits per heavy atom. The summed E-state index contributed by atoms with van der Waals surface area (Å²) in [5.41, 5.74) is 5.16. The summed E-state index contributed by atoms with van der Waals surface area (Å²) in [6.45, 7) is 6.62. The van der Waals surface area contributed by atoms with Crippen molar-refractivity contribution in [3.8, 4) is 0 Å². The molecule has 0 spiro atoms. The quantitative estimate of drug-likeness (QED) is 0.794. The van der Waals surface area contributed by atoms with Gasteiger partial charge in [-0.1, -0.05) is 0 Å². The number of thiophene rings is 1. The number of nitrogens with two attached hydrogens (primary N) is 1. The molecule has 0 radical (unpaired) electrons. The van der Waals surface area contributed by atoms with Gasteiger partial charge in [0.1, 0.15) is 4.21 Å². The van der Waals surface area contributed by atoms with E-state index in [2.05, 4.69) is 5.32 Å². The fourth-order valence-corrected chi connectivity index (χ4v) is 5.50. The molecule has 24 heavy (non-hydrogen) atoms. The van der Waals surface area contributed by atoms with Gasteiger partial charge in [0.25, 0.3) is 10.0 Å². The molecule has 1 amide bonds. The summed E-state index contributed by atoms with van der Waals surface area (Å²) in [4.78, 5) is 13.4. The van der Waals surface area contributed by atoms with Crippen LogP contribution in [-0.2, 0) is 14.8 Å². The van der Waals surface area contributed by atoms with E-state index in [1.807, 2.05) is 20.8 Å². The van der Waals surface area contributed by atoms with Crippen molar-refractivity contribution in [3.05, 3.63) is 17.0 Å². The first-order chi connectivity index (χ1) is 10.7. The highest BCUT2D eigenvalue weighted by Crippen LogP contribution is 2.28. The molecule has 0 aromatic carbocycles. The second-order valence-electron chi connectivity index (χ2n) is 6.64. The van der Waals surface area contributed by atoms with Crippen LogP contribution in [0.2, 0.25) is 0 Å². The maximum absolute atomic E-state index is 12.7. The van der Waals surface area contributed by atoms with Crippen LogP contribution in [0.1, 0.15) is 31.6 Å². The molecule has 9 heteroatoms. The molecule has 0 saturated carbocycles. The Labute approximate surface area is 154 Å². The number of nitrogens with one attached hydrogen (secondary N) is 1. The van der Waals surface area contributed by atoms with E-state index in [1.54, 1.807) is 12.1 Å². The largest absolute Gasteiger partial charge is 0.350 e. The lowest BCUT2D eigenvalue weighted by Crippen LogP contribution is -2.53. The Kier molecular flexibility index (Phi) is 7.25. The van der Waals surface area contributed by atoms with Crippen molar-refractivity contribution in [2.24, 2.45) is 11.7 Å². The zero-order valence-corrected chi connectivity index (χ0v) is 16.7. The molecule has 1 aromatic rings. The van der Waals surface area contributed by atoms with Gasteiger partial charge < -0.3 is 11.1 Å². The molecule has 2 heterocycles. The van der Waals surface area contributed by atoms with E-state index in [0.717, 1.165) is 4.88 Å². The molecule has 1 aliphatic heterocycles. The predicted molar refractivity (Wildman–Crippen MR) is 99.1 cm³/mol. The second-order valence-corrected chi connectivity index (χ2v) is 10.1. The third-order valence-corrected chi connectivity index (χ3v) is 7.37. The number of carbonyl (C=O) groups excluding carboxylic acids is 1. The Morgan fingerprint density at radius 2 is 2.12 bits per heavy atom. The average molecular weight is 396 g/mol. The normalized spacial score (nSPS) is 19.6. The molecule has 1 fully saturated rings. The molecule has 2 rings (SSSR count). The van der Waals surface area contributed by atoms with Gasteiger partial charge in [0.15, 0.2) is 0 Å².